The summed E-state index contributed by atoms with van der Waals surface area (Å²) in [7, 11) is 0. The molecule has 6 nitrogen and oxygen atoms in total. The molecule has 0 N–H and O–H groups in total. The van der Waals surface area contributed by atoms with Crippen LogP contribution in [-0.4, -0.2) is 37.2 Å². The Labute approximate surface area is 395 Å². The Bertz CT molecular complexity index is 1250. The van der Waals surface area contributed by atoms with E-state index in [1.807, 2.05) is 24.3 Å². The SMILES string of the molecule is CCC\C=C/C=C\C=C/C=C\C=C/CCCCCCCC(=O)OC(COC(=O)CCCCCCCCCCC)COC(=O)CCCCCCCCCCCC/C=C\C=C/CCCCC. The lowest BCUT2D eigenvalue weighted by Crippen LogP contribution is -2.30. The van der Waals surface area contributed by atoms with Crippen molar-refractivity contribution in [2.45, 2.75) is 252 Å². The minimum absolute atomic E-state index is 0.0874. The number of esters is 3. The van der Waals surface area contributed by atoms with Gasteiger partial charge >= 0.3 is 17.9 Å². The average molecular weight is 891 g/mol. The molecular weight excluding hydrogens is 793 g/mol. The van der Waals surface area contributed by atoms with Gasteiger partial charge in [-0.2, -0.15) is 0 Å². The smallest absolute Gasteiger partial charge is 0.306 e. The van der Waals surface area contributed by atoms with Gasteiger partial charge in [-0.3, -0.25) is 14.4 Å². The highest BCUT2D eigenvalue weighted by atomic mass is 16.6. The second-order valence-corrected chi connectivity index (χ2v) is 17.6. The van der Waals surface area contributed by atoms with Gasteiger partial charge in [0.1, 0.15) is 13.2 Å². The van der Waals surface area contributed by atoms with Gasteiger partial charge < -0.3 is 14.2 Å². The molecular formula is C58H98O6. The molecule has 0 bridgehead atoms. The lowest BCUT2D eigenvalue weighted by Gasteiger charge is -2.18. The van der Waals surface area contributed by atoms with Crippen molar-refractivity contribution in [2.75, 3.05) is 13.2 Å². The first-order valence-corrected chi connectivity index (χ1v) is 26.7. The number of hydrogen-bond acceptors (Lipinski definition) is 6. The summed E-state index contributed by atoms with van der Waals surface area (Å²) >= 11 is 0. The molecule has 0 aliphatic carbocycles. The van der Waals surface area contributed by atoms with Crippen LogP contribution in [0.5, 0.6) is 0 Å². The van der Waals surface area contributed by atoms with Crippen LogP contribution in [0.15, 0.2) is 85.1 Å². The van der Waals surface area contributed by atoms with Crippen molar-refractivity contribution in [3.05, 3.63) is 85.1 Å². The van der Waals surface area contributed by atoms with Crippen molar-refractivity contribution in [2.24, 2.45) is 0 Å². The van der Waals surface area contributed by atoms with E-state index in [2.05, 4.69) is 81.5 Å². The third kappa shape index (κ3) is 49.6. The number of ether oxygens (including phenoxy) is 3. The summed E-state index contributed by atoms with van der Waals surface area (Å²) in [6.07, 6.45) is 67.0. The molecule has 0 heterocycles. The molecule has 0 aliphatic heterocycles. The van der Waals surface area contributed by atoms with Gasteiger partial charge in [0, 0.05) is 19.3 Å². The van der Waals surface area contributed by atoms with Gasteiger partial charge in [0.2, 0.25) is 0 Å². The molecule has 6 heteroatoms. The van der Waals surface area contributed by atoms with Crippen molar-refractivity contribution >= 4 is 17.9 Å². The second-order valence-electron chi connectivity index (χ2n) is 17.6. The van der Waals surface area contributed by atoms with E-state index in [9.17, 15) is 14.4 Å². The number of carbonyl (C=O) groups excluding carboxylic acids is 3. The first-order valence-electron chi connectivity index (χ1n) is 26.7. The fourth-order valence-electron chi connectivity index (χ4n) is 7.23. The maximum absolute atomic E-state index is 12.8. The van der Waals surface area contributed by atoms with Crippen LogP contribution in [0.3, 0.4) is 0 Å². The van der Waals surface area contributed by atoms with Gasteiger partial charge in [-0.15, -0.1) is 0 Å². The first kappa shape index (κ1) is 60.6. The summed E-state index contributed by atoms with van der Waals surface area (Å²) in [5, 5.41) is 0. The zero-order valence-electron chi connectivity index (χ0n) is 41.8. The summed E-state index contributed by atoms with van der Waals surface area (Å²) in [6, 6.07) is 0. The standard InChI is InChI=1S/C58H98O6/c1-4-7-10-13-16-19-21-23-25-27-29-31-32-34-36-39-42-45-48-51-57(60)63-54-55(53-62-56(59)50-47-44-41-38-18-15-12-9-6-3)64-58(61)52-49-46-43-40-37-35-33-30-28-26-24-22-20-17-14-11-8-5-2/h11,14,16-17,19-24,26,28,30,33,55H,4-10,12-13,15,18,25,27,29,31-32,34-54H2,1-3H3/b14-11-,19-16-,20-17-,23-21-,24-22-,28-26-,33-30-. The van der Waals surface area contributed by atoms with E-state index in [1.165, 1.54) is 122 Å². The summed E-state index contributed by atoms with van der Waals surface area (Å²) in [5.74, 6) is -0.917. The van der Waals surface area contributed by atoms with Crippen LogP contribution < -0.4 is 0 Å². The van der Waals surface area contributed by atoms with Gasteiger partial charge in [-0.05, 0) is 64.2 Å². The van der Waals surface area contributed by atoms with Crippen molar-refractivity contribution in [1.29, 1.82) is 0 Å². The number of hydrogen-bond donors (Lipinski definition) is 0. The molecule has 64 heavy (non-hydrogen) atoms. The molecule has 0 fully saturated rings. The largest absolute Gasteiger partial charge is 0.462 e. The zero-order chi connectivity index (χ0) is 46.5. The van der Waals surface area contributed by atoms with Crippen molar-refractivity contribution < 1.29 is 28.6 Å². The lowest BCUT2D eigenvalue weighted by atomic mass is 10.1. The van der Waals surface area contributed by atoms with Crippen LogP contribution in [0.2, 0.25) is 0 Å². The van der Waals surface area contributed by atoms with Crippen LogP contribution in [0, 0.1) is 0 Å². The second kappa shape index (κ2) is 52.2. The average Bonchev–Trinajstić information content (AvgIpc) is 3.29. The number of allylic oxidation sites excluding steroid dienone is 14. The molecule has 0 saturated heterocycles. The van der Waals surface area contributed by atoms with Crippen molar-refractivity contribution in [3.8, 4) is 0 Å². The monoisotopic (exact) mass is 891 g/mol. The molecule has 0 radical (unpaired) electrons. The maximum atomic E-state index is 12.8. The molecule has 0 aromatic heterocycles. The Morgan fingerprint density at radius 1 is 0.312 bits per heavy atom. The van der Waals surface area contributed by atoms with Gasteiger partial charge in [-0.25, -0.2) is 0 Å². The topological polar surface area (TPSA) is 78.9 Å². The normalized spacial score (nSPS) is 12.7. The van der Waals surface area contributed by atoms with Crippen LogP contribution in [0.4, 0.5) is 0 Å². The Morgan fingerprint density at radius 3 is 0.984 bits per heavy atom. The van der Waals surface area contributed by atoms with Gasteiger partial charge in [0.25, 0.3) is 0 Å². The number of unbranched alkanes of at least 4 members (excludes halogenated alkanes) is 27. The fraction of sp³-hybridized carbons (Fsp3) is 0.707. The van der Waals surface area contributed by atoms with Crippen LogP contribution in [0.1, 0.15) is 245 Å². The predicted molar refractivity (Wildman–Crippen MR) is 274 cm³/mol. The molecule has 0 rings (SSSR count). The van der Waals surface area contributed by atoms with E-state index < -0.39 is 6.10 Å². The Balaban J connectivity index is 4.37. The van der Waals surface area contributed by atoms with E-state index in [1.54, 1.807) is 0 Å². The summed E-state index contributed by atoms with van der Waals surface area (Å²) in [5.41, 5.74) is 0. The minimum atomic E-state index is -0.789. The number of carbonyl (C=O) groups is 3. The predicted octanol–water partition coefficient (Wildman–Crippen LogP) is 17.6. The highest BCUT2D eigenvalue weighted by Crippen LogP contribution is 2.15. The molecule has 366 valence electrons. The van der Waals surface area contributed by atoms with Crippen LogP contribution >= 0.6 is 0 Å². The molecule has 0 aromatic carbocycles. The van der Waals surface area contributed by atoms with E-state index in [0.29, 0.717) is 19.3 Å². The van der Waals surface area contributed by atoms with E-state index >= 15 is 0 Å². The van der Waals surface area contributed by atoms with Gasteiger partial charge in [0.05, 0.1) is 0 Å². The molecule has 0 aromatic rings. The molecule has 0 aliphatic rings. The van der Waals surface area contributed by atoms with Crippen LogP contribution in [0.25, 0.3) is 0 Å². The molecule has 1 unspecified atom stereocenters. The zero-order valence-corrected chi connectivity index (χ0v) is 41.8. The van der Waals surface area contributed by atoms with E-state index in [-0.39, 0.29) is 31.1 Å². The van der Waals surface area contributed by atoms with Crippen LogP contribution in [-0.2, 0) is 28.6 Å². The van der Waals surface area contributed by atoms with Crippen molar-refractivity contribution in [1.82, 2.24) is 0 Å². The fourth-order valence-corrected chi connectivity index (χ4v) is 7.23. The molecule has 0 spiro atoms. The lowest BCUT2D eigenvalue weighted by molar-refractivity contribution is -0.167. The Morgan fingerprint density at radius 2 is 0.594 bits per heavy atom. The van der Waals surface area contributed by atoms with Crippen molar-refractivity contribution in [3.63, 3.8) is 0 Å². The Hall–Kier alpha value is -3.41. The summed E-state index contributed by atoms with van der Waals surface area (Å²) in [6.45, 7) is 6.48. The molecule has 0 saturated carbocycles. The molecule has 1 atom stereocenters. The summed E-state index contributed by atoms with van der Waals surface area (Å²) in [4.78, 5) is 38.0. The Kier molecular flexibility index (Phi) is 49.4. The third-order valence-electron chi connectivity index (χ3n) is 11.3. The first-order chi connectivity index (χ1) is 31.5. The van der Waals surface area contributed by atoms with Gasteiger partial charge in [-0.1, -0.05) is 247 Å². The van der Waals surface area contributed by atoms with E-state index in [4.69, 9.17) is 14.2 Å². The summed E-state index contributed by atoms with van der Waals surface area (Å²) < 4.78 is 16.8. The minimum Gasteiger partial charge on any atom is -0.462 e. The maximum Gasteiger partial charge on any atom is 0.306 e. The number of rotatable bonds is 47. The van der Waals surface area contributed by atoms with Gasteiger partial charge in [0.15, 0.2) is 6.10 Å². The highest BCUT2D eigenvalue weighted by molar-refractivity contribution is 5.71. The third-order valence-corrected chi connectivity index (χ3v) is 11.3. The highest BCUT2D eigenvalue weighted by Gasteiger charge is 2.19. The quantitative estimate of drug-likeness (QED) is 0.0262. The molecule has 0 amide bonds. The van der Waals surface area contributed by atoms with E-state index in [0.717, 1.165) is 83.5 Å².